The topological polar surface area (TPSA) is 70.6 Å². The lowest BCUT2D eigenvalue weighted by molar-refractivity contribution is -0.137. The maximum absolute atomic E-state index is 14.1. The Hall–Kier alpha value is -1.84. The normalized spacial score (nSPS) is 16.0. The minimum absolute atomic E-state index is 0.0645. The number of sulfonamides is 1. The molecule has 156 valence electrons. The third-order valence-corrected chi connectivity index (χ3v) is 7.51. The van der Waals surface area contributed by atoms with Crippen molar-refractivity contribution in [2.24, 2.45) is 5.92 Å². The Morgan fingerprint density at radius 2 is 2.03 bits per heavy atom. The van der Waals surface area contributed by atoms with Gasteiger partial charge in [-0.3, -0.25) is 9.78 Å². The van der Waals surface area contributed by atoms with Gasteiger partial charge in [-0.05, 0) is 50.1 Å². The fourth-order valence-corrected chi connectivity index (χ4v) is 5.31. The molecule has 2 heterocycles. The molecule has 1 fully saturated rings. The van der Waals surface area contributed by atoms with Gasteiger partial charge in [0.2, 0.25) is 15.9 Å². The summed E-state index contributed by atoms with van der Waals surface area (Å²) >= 11 is 3.33. The first-order chi connectivity index (χ1) is 13.8. The Kier molecular flexibility index (Phi) is 7.02. The van der Waals surface area contributed by atoms with Crippen LogP contribution in [0, 0.1) is 11.7 Å². The highest BCUT2D eigenvalue weighted by molar-refractivity contribution is 9.10. The first-order valence-electron chi connectivity index (χ1n) is 9.45. The van der Waals surface area contributed by atoms with Crippen LogP contribution in [0.3, 0.4) is 0 Å². The number of hydrogen-bond acceptors (Lipinski definition) is 4. The van der Waals surface area contributed by atoms with E-state index in [-0.39, 0.29) is 42.2 Å². The maximum Gasteiger partial charge on any atom is 0.244 e. The number of carbonyl (C=O) groups is 1. The molecule has 1 amide bonds. The van der Waals surface area contributed by atoms with E-state index in [0.717, 1.165) is 4.47 Å². The van der Waals surface area contributed by atoms with Crippen LogP contribution in [-0.2, 0) is 21.4 Å². The highest BCUT2D eigenvalue weighted by Crippen LogP contribution is 2.26. The molecule has 2 aromatic rings. The van der Waals surface area contributed by atoms with Gasteiger partial charge in [0.05, 0.1) is 0 Å². The molecule has 0 radical (unpaired) electrons. The smallest absolute Gasteiger partial charge is 0.244 e. The van der Waals surface area contributed by atoms with Crippen LogP contribution in [0.2, 0.25) is 0 Å². The van der Waals surface area contributed by atoms with Crippen molar-refractivity contribution in [1.29, 1.82) is 0 Å². The molecule has 1 aromatic carbocycles. The zero-order valence-electron chi connectivity index (χ0n) is 16.1. The summed E-state index contributed by atoms with van der Waals surface area (Å²) in [6.45, 7) is 3.05. The third-order valence-electron chi connectivity index (χ3n) is 5.14. The Balaban J connectivity index is 1.65. The molecular weight excluding hydrogens is 461 g/mol. The number of piperidine rings is 1. The Morgan fingerprint density at radius 1 is 1.31 bits per heavy atom. The van der Waals surface area contributed by atoms with Gasteiger partial charge in [0.25, 0.3) is 0 Å². The summed E-state index contributed by atoms with van der Waals surface area (Å²) in [5.41, 5.74) is 0.450. The second-order valence-electron chi connectivity index (χ2n) is 6.96. The van der Waals surface area contributed by atoms with Crippen LogP contribution in [0.15, 0.2) is 52.1 Å². The number of carbonyl (C=O) groups excluding carboxylic acids is 1. The van der Waals surface area contributed by atoms with Crippen LogP contribution in [0.25, 0.3) is 0 Å². The largest absolute Gasteiger partial charge is 0.338 e. The van der Waals surface area contributed by atoms with Crippen molar-refractivity contribution in [2.75, 3.05) is 19.6 Å². The molecule has 1 aliphatic heterocycles. The molecule has 9 heteroatoms. The monoisotopic (exact) mass is 483 g/mol. The molecule has 0 unspecified atom stereocenters. The van der Waals surface area contributed by atoms with Crippen LogP contribution < -0.4 is 0 Å². The zero-order valence-corrected chi connectivity index (χ0v) is 18.5. The highest BCUT2D eigenvalue weighted by atomic mass is 79.9. The third kappa shape index (κ3) is 5.02. The van der Waals surface area contributed by atoms with E-state index in [2.05, 4.69) is 20.9 Å². The van der Waals surface area contributed by atoms with Crippen LogP contribution in [-0.4, -0.2) is 48.1 Å². The fourth-order valence-electron chi connectivity index (χ4n) is 3.47. The zero-order chi connectivity index (χ0) is 21.0. The number of pyridine rings is 1. The van der Waals surface area contributed by atoms with E-state index in [1.54, 1.807) is 23.1 Å². The minimum atomic E-state index is -3.60. The van der Waals surface area contributed by atoms with Crippen LogP contribution >= 0.6 is 15.9 Å². The van der Waals surface area contributed by atoms with Gasteiger partial charge in [-0.15, -0.1) is 0 Å². The Morgan fingerprint density at radius 3 is 2.66 bits per heavy atom. The SMILES string of the molecule is CCN(Cc1cc(Br)ccc1F)C(=O)C1CCN(S(=O)(=O)c2cccnc2)CC1. The number of aromatic nitrogens is 1. The molecule has 0 N–H and O–H groups in total. The molecule has 3 rings (SSSR count). The van der Waals surface area contributed by atoms with Crippen molar-refractivity contribution in [2.45, 2.75) is 31.2 Å². The molecule has 1 aliphatic rings. The predicted molar refractivity (Wildman–Crippen MR) is 111 cm³/mol. The summed E-state index contributed by atoms with van der Waals surface area (Å²) in [6.07, 6.45) is 3.74. The van der Waals surface area contributed by atoms with E-state index in [1.165, 1.54) is 28.8 Å². The van der Waals surface area contributed by atoms with Gasteiger partial charge in [0.1, 0.15) is 10.7 Å². The summed E-state index contributed by atoms with van der Waals surface area (Å²) < 4.78 is 41.7. The number of benzene rings is 1. The van der Waals surface area contributed by atoms with E-state index in [1.807, 2.05) is 6.92 Å². The van der Waals surface area contributed by atoms with Crippen molar-refractivity contribution in [3.63, 3.8) is 0 Å². The average Bonchev–Trinajstić information content (AvgIpc) is 2.74. The highest BCUT2D eigenvalue weighted by Gasteiger charge is 2.33. The summed E-state index contributed by atoms with van der Waals surface area (Å²) in [5.74, 6) is -0.687. The van der Waals surface area contributed by atoms with Gasteiger partial charge in [-0.2, -0.15) is 4.31 Å². The number of halogens is 2. The second-order valence-corrected chi connectivity index (χ2v) is 9.81. The first kappa shape index (κ1) is 21.9. The molecular formula is C20H23BrFN3O3S. The van der Waals surface area contributed by atoms with Gasteiger partial charge in [-0.25, -0.2) is 12.8 Å². The molecule has 0 spiro atoms. The molecule has 0 atom stereocenters. The Bertz CT molecular complexity index is 964. The van der Waals surface area contributed by atoms with Crippen molar-refractivity contribution in [1.82, 2.24) is 14.2 Å². The van der Waals surface area contributed by atoms with Gasteiger partial charge >= 0.3 is 0 Å². The summed E-state index contributed by atoms with van der Waals surface area (Å²) in [6, 6.07) is 7.78. The van der Waals surface area contributed by atoms with Gasteiger partial charge in [0.15, 0.2) is 0 Å². The number of rotatable bonds is 6. The van der Waals surface area contributed by atoms with Crippen LogP contribution in [0.5, 0.6) is 0 Å². The number of amides is 1. The molecule has 29 heavy (non-hydrogen) atoms. The van der Waals surface area contributed by atoms with Crippen LogP contribution in [0.1, 0.15) is 25.3 Å². The van der Waals surface area contributed by atoms with E-state index < -0.39 is 10.0 Å². The maximum atomic E-state index is 14.1. The van der Waals surface area contributed by atoms with Gasteiger partial charge in [0, 0.05) is 54.5 Å². The Labute approximate surface area is 178 Å². The van der Waals surface area contributed by atoms with E-state index in [9.17, 15) is 17.6 Å². The molecule has 0 bridgehead atoms. The van der Waals surface area contributed by atoms with E-state index >= 15 is 0 Å². The quantitative estimate of drug-likeness (QED) is 0.630. The molecule has 6 nitrogen and oxygen atoms in total. The van der Waals surface area contributed by atoms with Gasteiger partial charge in [-0.1, -0.05) is 15.9 Å². The first-order valence-corrected chi connectivity index (χ1v) is 11.7. The average molecular weight is 484 g/mol. The van der Waals surface area contributed by atoms with Gasteiger partial charge < -0.3 is 4.90 Å². The number of nitrogens with zero attached hydrogens (tertiary/aromatic N) is 3. The second kappa shape index (κ2) is 9.32. The van der Waals surface area contributed by atoms with Crippen molar-refractivity contribution in [3.8, 4) is 0 Å². The van der Waals surface area contributed by atoms with E-state index in [4.69, 9.17) is 0 Å². The molecule has 0 saturated carbocycles. The summed E-state index contributed by atoms with van der Waals surface area (Å²) in [7, 11) is -3.60. The lowest BCUT2D eigenvalue weighted by atomic mass is 9.96. The van der Waals surface area contributed by atoms with Crippen molar-refractivity contribution < 1.29 is 17.6 Å². The van der Waals surface area contributed by atoms with Crippen molar-refractivity contribution in [3.05, 3.63) is 58.6 Å². The van der Waals surface area contributed by atoms with Crippen molar-refractivity contribution >= 4 is 31.9 Å². The predicted octanol–water partition coefficient (Wildman–Crippen LogP) is 3.43. The molecule has 1 aromatic heterocycles. The van der Waals surface area contributed by atoms with Crippen LogP contribution in [0.4, 0.5) is 4.39 Å². The summed E-state index contributed by atoms with van der Waals surface area (Å²) in [4.78, 5) is 18.6. The van der Waals surface area contributed by atoms with E-state index in [0.29, 0.717) is 24.9 Å². The fraction of sp³-hybridized carbons (Fsp3) is 0.400. The molecule has 1 saturated heterocycles. The lowest BCUT2D eigenvalue weighted by Gasteiger charge is -2.33. The number of hydrogen-bond donors (Lipinski definition) is 0. The summed E-state index contributed by atoms with van der Waals surface area (Å²) in [5, 5.41) is 0. The molecule has 0 aliphatic carbocycles. The lowest BCUT2D eigenvalue weighted by Crippen LogP contribution is -2.44. The standard InChI is InChI=1S/C20H23BrFN3O3S/c1-2-24(14-16-12-17(21)5-6-19(16)22)20(26)15-7-10-25(11-8-15)29(27,28)18-4-3-9-23-13-18/h3-6,9,12-13,15H,2,7-8,10-11,14H2,1H3. The minimum Gasteiger partial charge on any atom is -0.338 e.